The molecule has 11 heavy (non-hydrogen) atoms. The van der Waals surface area contributed by atoms with Gasteiger partial charge in [0.15, 0.2) is 0 Å². The van der Waals surface area contributed by atoms with Crippen LogP contribution in [0.4, 0.5) is 0 Å². The lowest BCUT2D eigenvalue weighted by molar-refractivity contribution is 0.998. The third-order valence-electron chi connectivity index (χ3n) is 2.45. The average molecular weight is 147 g/mol. The minimum absolute atomic E-state index is 1.18. The van der Waals surface area contributed by atoms with Gasteiger partial charge in [-0.3, -0.25) is 4.57 Å². The van der Waals surface area contributed by atoms with Gasteiger partial charge in [-0.1, -0.05) is 6.42 Å². The van der Waals surface area contributed by atoms with Crippen LogP contribution in [0, 0.1) is 40.2 Å². The van der Waals surface area contributed by atoms with Crippen LogP contribution in [0.2, 0.25) is 0 Å². The van der Waals surface area contributed by atoms with E-state index in [1.807, 2.05) is 4.57 Å². The highest BCUT2D eigenvalue weighted by molar-refractivity contribution is 5.37. The third kappa shape index (κ3) is 0.952. The fourth-order valence-electron chi connectivity index (χ4n) is 1.32. The fourth-order valence-corrected chi connectivity index (χ4v) is 1.32. The standard InChI is InChI=1S/C10H13N/c1-6-11-9(4)7(2)8(3)10(11)5/h1H,2-5H3. The van der Waals surface area contributed by atoms with Crippen LogP contribution in [0.25, 0.3) is 0 Å². The molecule has 0 bridgehead atoms. The molecule has 1 nitrogen and oxygen atoms in total. The summed E-state index contributed by atoms with van der Waals surface area (Å²) in [6, 6.07) is 2.64. The third-order valence-corrected chi connectivity index (χ3v) is 2.45. The first-order valence-electron chi connectivity index (χ1n) is 3.71. The van der Waals surface area contributed by atoms with Crippen molar-refractivity contribution in [2.24, 2.45) is 0 Å². The molecule has 0 saturated heterocycles. The number of aromatic nitrogens is 1. The molecule has 0 N–H and O–H groups in total. The molecule has 0 aliphatic heterocycles. The van der Waals surface area contributed by atoms with Crippen molar-refractivity contribution in [1.82, 2.24) is 4.57 Å². The zero-order valence-electron chi connectivity index (χ0n) is 7.52. The van der Waals surface area contributed by atoms with E-state index in [2.05, 4.69) is 33.7 Å². The van der Waals surface area contributed by atoms with Crippen molar-refractivity contribution in [2.75, 3.05) is 0 Å². The Morgan fingerprint density at radius 3 is 1.55 bits per heavy atom. The first-order chi connectivity index (χ1) is 5.09. The summed E-state index contributed by atoms with van der Waals surface area (Å²) in [4.78, 5) is 0. The maximum absolute atomic E-state index is 5.35. The van der Waals surface area contributed by atoms with Crippen LogP contribution >= 0.6 is 0 Å². The Balaban J connectivity index is 3.51. The van der Waals surface area contributed by atoms with Gasteiger partial charge in [0.1, 0.15) is 0 Å². The molecule has 58 valence electrons. The molecule has 0 aliphatic carbocycles. The molecule has 0 amide bonds. The summed E-state index contributed by atoms with van der Waals surface area (Å²) in [6.45, 7) is 8.31. The number of rotatable bonds is 0. The van der Waals surface area contributed by atoms with Crippen molar-refractivity contribution in [3.05, 3.63) is 22.5 Å². The summed E-state index contributed by atoms with van der Waals surface area (Å²) in [6.07, 6.45) is 5.35. The molecule has 0 spiro atoms. The maximum Gasteiger partial charge on any atom is 0.0317 e. The molecule has 1 aromatic heterocycles. The molecule has 0 atom stereocenters. The zero-order chi connectivity index (χ0) is 8.59. The van der Waals surface area contributed by atoms with E-state index in [4.69, 9.17) is 6.42 Å². The molecule has 0 aliphatic rings. The molecule has 0 unspecified atom stereocenters. The average Bonchev–Trinajstić information content (AvgIpc) is 2.17. The van der Waals surface area contributed by atoms with Gasteiger partial charge in [0, 0.05) is 17.4 Å². The minimum atomic E-state index is 1.18. The van der Waals surface area contributed by atoms with Gasteiger partial charge in [0.25, 0.3) is 0 Å². The Morgan fingerprint density at radius 1 is 1.00 bits per heavy atom. The quantitative estimate of drug-likeness (QED) is 0.495. The maximum atomic E-state index is 5.35. The van der Waals surface area contributed by atoms with Gasteiger partial charge < -0.3 is 0 Å². The molecule has 0 aromatic carbocycles. The van der Waals surface area contributed by atoms with E-state index in [0.29, 0.717) is 0 Å². The second-order valence-corrected chi connectivity index (χ2v) is 2.89. The first kappa shape index (κ1) is 7.94. The summed E-state index contributed by atoms with van der Waals surface area (Å²) in [5, 5.41) is 0. The molecule has 1 rings (SSSR count). The summed E-state index contributed by atoms with van der Waals surface area (Å²) in [5.74, 6) is 0. The van der Waals surface area contributed by atoms with Crippen LogP contribution in [0.5, 0.6) is 0 Å². The Hall–Kier alpha value is -1.16. The molecular formula is C10H13N. The monoisotopic (exact) mass is 147 g/mol. The summed E-state index contributed by atoms with van der Waals surface area (Å²) in [5.41, 5.74) is 4.98. The number of terminal acetylenes is 1. The lowest BCUT2D eigenvalue weighted by atomic mass is 10.2. The first-order valence-corrected chi connectivity index (χ1v) is 3.71. The van der Waals surface area contributed by atoms with Crippen LogP contribution in [-0.4, -0.2) is 4.57 Å². The predicted molar refractivity (Wildman–Crippen MR) is 47.6 cm³/mol. The van der Waals surface area contributed by atoms with E-state index < -0.39 is 0 Å². The largest absolute Gasteiger partial charge is 0.278 e. The highest BCUT2D eigenvalue weighted by Gasteiger charge is 2.08. The van der Waals surface area contributed by atoms with Crippen molar-refractivity contribution in [3.63, 3.8) is 0 Å². The normalized spacial score (nSPS) is 9.73. The molecule has 0 fully saturated rings. The van der Waals surface area contributed by atoms with E-state index in [0.717, 1.165) is 0 Å². The Kier molecular flexibility index (Phi) is 1.78. The lowest BCUT2D eigenvalue weighted by Crippen LogP contribution is -1.93. The summed E-state index contributed by atoms with van der Waals surface area (Å²) >= 11 is 0. The van der Waals surface area contributed by atoms with Crippen LogP contribution in [0.1, 0.15) is 22.5 Å². The van der Waals surface area contributed by atoms with Gasteiger partial charge in [0.2, 0.25) is 0 Å². The van der Waals surface area contributed by atoms with Gasteiger partial charge >= 0.3 is 0 Å². The van der Waals surface area contributed by atoms with Gasteiger partial charge in [-0.15, -0.1) is 0 Å². The molecule has 0 saturated carbocycles. The Bertz CT molecular complexity index is 298. The second kappa shape index (κ2) is 2.47. The van der Waals surface area contributed by atoms with E-state index in [9.17, 15) is 0 Å². The molecule has 1 heteroatoms. The van der Waals surface area contributed by atoms with Gasteiger partial charge in [-0.05, 0) is 38.8 Å². The van der Waals surface area contributed by atoms with Crippen molar-refractivity contribution >= 4 is 0 Å². The van der Waals surface area contributed by atoms with E-state index in [-0.39, 0.29) is 0 Å². The minimum Gasteiger partial charge on any atom is -0.278 e. The number of hydrogen-bond acceptors (Lipinski definition) is 0. The van der Waals surface area contributed by atoms with E-state index in [1.54, 1.807) is 0 Å². The van der Waals surface area contributed by atoms with Gasteiger partial charge in [-0.25, -0.2) is 0 Å². The van der Waals surface area contributed by atoms with Crippen molar-refractivity contribution < 1.29 is 0 Å². The second-order valence-electron chi connectivity index (χ2n) is 2.89. The SMILES string of the molecule is C#Cn1c(C)c(C)c(C)c1C. The molecular weight excluding hydrogens is 134 g/mol. The topological polar surface area (TPSA) is 4.93 Å². The smallest absolute Gasteiger partial charge is 0.0317 e. The van der Waals surface area contributed by atoms with Crippen LogP contribution in [0.15, 0.2) is 0 Å². The van der Waals surface area contributed by atoms with Crippen LogP contribution in [0.3, 0.4) is 0 Å². The van der Waals surface area contributed by atoms with Crippen molar-refractivity contribution in [1.29, 1.82) is 0 Å². The molecule has 1 aromatic rings. The van der Waals surface area contributed by atoms with Crippen molar-refractivity contribution in [3.8, 4) is 12.5 Å². The lowest BCUT2D eigenvalue weighted by Gasteiger charge is -1.96. The Labute approximate surface area is 68.0 Å². The van der Waals surface area contributed by atoms with E-state index in [1.165, 1.54) is 22.5 Å². The van der Waals surface area contributed by atoms with Gasteiger partial charge in [-0.2, -0.15) is 0 Å². The fraction of sp³-hybridized carbons (Fsp3) is 0.400. The molecule has 1 heterocycles. The van der Waals surface area contributed by atoms with Gasteiger partial charge in [0.05, 0.1) is 0 Å². The zero-order valence-corrected chi connectivity index (χ0v) is 7.52. The van der Waals surface area contributed by atoms with Crippen LogP contribution in [-0.2, 0) is 0 Å². The highest BCUT2D eigenvalue weighted by Crippen LogP contribution is 2.18. The number of hydrogen-bond donors (Lipinski definition) is 0. The number of nitrogens with zero attached hydrogens (tertiary/aromatic N) is 1. The highest BCUT2D eigenvalue weighted by atomic mass is 15.0. The predicted octanol–water partition coefficient (Wildman–Crippen LogP) is 2.16. The van der Waals surface area contributed by atoms with Crippen molar-refractivity contribution in [2.45, 2.75) is 27.7 Å². The summed E-state index contributed by atoms with van der Waals surface area (Å²) in [7, 11) is 0. The molecule has 0 radical (unpaired) electrons. The Morgan fingerprint density at radius 2 is 1.36 bits per heavy atom. The van der Waals surface area contributed by atoms with Crippen LogP contribution < -0.4 is 0 Å². The summed E-state index contributed by atoms with van der Waals surface area (Å²) < 4.78 is 1.89. The van der Waals surface area contributed by atoms with E-state index >= 15 is 0 Å².